The summed E-state index contributed by atoms with van der Waals surface area (Å²) in [5.41, 5.74) is 3.05. The number of benzene rings is 2. The molecule has 0 spiro atoms. The Morgan fingerprint density at radius 2 is 1.92 bits per heavy atom. The second-order valence-corrected chi connectivity index (χ2v) is 7.18. The lowest BCUT2D eigenvalue weighted by atomic mass is 10.1. The van der Waals surface area contributed by atoms with E-state index in [2.05, 4.69) is 15.9 Å². The van der Waals surface area contributed by atoms with E-state index in [-0.39, 0.29) is 5.91 Å². The maximum absolute atomic E-state index is 12.6. The first-order chi connectivity index (χ1) is 12.4. The highest BCUT2D eigenvalue weighted by atomic mass is 79.9. The van der Waals surface area contributed by atoms with Crippen LogP contribution >= 0.6 is 15.9 Å². The number of nitrogens with zero attached hydrogens (tertiary/aromatic N) is 1. The molecular formula is C21H26BrNO3. The van der Waals surface area contributed by atoms with Crippen molar-refractivity contribution in [1.29, 1.82) is 0 Å². The molecule has 0 saturated heterocycles. The van der Waals surface area contributed by atoms with Crippen LogP contribution in [0.2, 0.25) is 0 Å². The van der Waals surface area contributed by atoms with Gasteiger partial charge in [-0.15, -0.1) is 0 Å². The summed E-state index contributed by atoms with van der Waals surface area (Å²) in [6, 6.07) is 13.6. The fourth-order valence-electron chi connectivity index (χ4n) is 2.78. The Morgan fingerprint density at radius 3 is 2.50 bits per heavy atom. The average molecular weight is 420 g/mol. The van der Waals surface area contributed by atoms with Gasteiger partial charge in [0.05, 0.1) is 24.2 Å². The van der Waals surface area contributed by atoms with Gasteiger partial charge in [0, 0.05) is 13.0 Å². The minimum atomic E-state index is -0.672. The van der Waals surface area contributed by atoms with Crippen molar-refractivity contribution < 1.29 is 14.6 Å². The van der Waals surface area contributed by atoms with Gasteiger partial charge in [-0.05, 0) is 59.5 Å². The zero-order valence-corrected chi connectivity index (χ0v) is 17.1. The number of amides is 1. The van der Waals surface area contributed by atoms with Gasteiger partial charge in [0.1, 0.15) is 5.75 Å². The molecule has 26 heavy (non-hydrogen) atoms. The molecule has 2 aromatic rings. The van der Waals surface area contributed by atoms with Gasteiger partial charge in [-0.2, -0.15) is 0 Å². The second-order valence-electron chi connectivity index (χ2n) is 6.33. The highest BCUT2D eigenvalue weighted by Crippen LogP contribution is 2.26. The normalized spacial score (nSPS) is 11.9. The molecule has 0 unspecified atom stereocenters. The molecule has 0 aromatic heterocycles. The van der Waals surface area contributed by atoms with Crippen LogP contribution in [0.3, 0.4) is 0 Å². The largest absolute Gasteiger partial charge is 0.496 e. The number of carbonyl (C=O) groups excluding carboxylic acids is 1. The lowest BCUT2D eigenvalue weighted by Crippen LogP contribution is -2.34. The third kappa shape index (κ3) is 5.58. The number of halogens is 1. The van der Waals surface area contributed by atoms with Crippen molar-refractivity contribution in [2.24, 2.45) is 0 Å². The van der Waals surface area contributed by atoms with Crippen LogP contribution in [0.15, 0.2) is 46.9 Å². The molecule has 0 radical (unpaired) electrons. The van der Waals surface area contributed by atoms with Crippen LogP contribution < -0.4 is 4.74 Å². The van der Waals surface area contributed by atoms with E-state index in [9.17, 15) is 9.90 Å². The zero-order valence-electron chi connectivity index (χ0n) is 15.5. The molecule has 0 heterocycles. The Labute approximate surface area is 163 Å². The molecule has 140 valence electrons. The van der Waals surface area contributed by atoms with Gasteiger partial charge in [0.15, 0.2) is 0 Å². The highest BCUT2D eigenvalue weighted by molar-refractivity contribution is 9.10. The van der Waals surface area contributed by atoms with Gasteiger partial charge in [0.2, 0.25) is 5.91 Å². The number of rotatable bonds is 8. The van der Waals surface area contributed by atoms with Gasteiger partial charge >= 0.3 is 0 Å². The Hall–Kier alpha value is -1.85. The summed E-state index contributed by atoms with van der Waals surface area (Å²) in [4.78, 5) is 14.3. The Balaban J connectivity index is 1.93. The van der Waals surface area contributed by atoms with Crippen molar-refractivity contribution >= 4 is 21.8 Å². The molecule has 2 aromatic carbocycles. The number of aliphatic hydroxyl groups excluding tert-OH is 1. The summed E-state index contributed by atoms with van der Waals surface area (Å²) in [5, 5.41) is 10.4. The quantitative estimate of drug-likeness (QED) is 0.694. The standard InChI is InChI=1S/C21H26BrNO3/c1-4-23(14-19(24)17-9-5-15(2)6-10-17)21(25)12-8-16-7-11-20(26-3)18(22)13-16/h5-7,9-11,13,19,24H,4,8,12,14H2,1-3H3/t19-/m0/s1. The van der Waals surface area contributed by atoms with Crippen LogP contribution in [0.25, 0.3) is 0 Å². The van der Waals surface area contributed by atoms with Crippen LogP contribution in [0.1, 0.15) is 36.1 Å². The Morgan fingerprint density at radius 1 is 1.23 bits per heavy atom. The van der Waals surface area contributed by atoms with Crippen LogP contribution in [0.5, 0.6) is 5.75 Å². The van der Waals surface area contributed by atoms with Crippen LogP contribution in [-0.2, 0) is 11.2 Å². The van der Waals surface area contributed by atoms with E-state index in [1.807, 2.05) is 56.3 Å². The molecule has 0 aliphatic carbocycles. The smallest absolute Gasteiger partial charge is 0.222 e. The molecule has 0 bridgehead atoms. The first-order valence-electron chi connectivity index (χ1n) is 8.79. The van der Waals surface area contributed by atoms with E-state index in [4.69, 9.17) is 4.74 Å². The number of ether oxygens (including phenoxy) is 1. The average Bonchev–Trinajstić information content (AvgIpc) is 2.64. The van der Waals surface area contributed by atoms with Gasteiger partial charge < -0.3 is 14.7 Å². The summed E-state index contributed by atoms with van der Waals surface area (Å²) in [6.07, 6.45) is 0.390. The molecular weight excluding hydrogens is 394 g/mol. The molecule has 0 aliphatic rings. The topological polar surface area (TPSA) is 49.8 Å². The van der Waals surface area contributed by atoms with Crippen molar-refractivity contribution in [3.8, 4) is 5.75 Å². The zero-order chi connectivity index (χ0) is 19.1. The summed E-state index contributed by atoms with van der Waals surface area (Å²) < 4.78 is 6.11. The van der Waals surface area contributed by atoms with Crippen LogP contribution in [-0.4, -0.2) is 36.1 Å². The SMILES string of the molecule is CCN(C[C@H](O)c1ccc(C)cc1)C(=O)CCc1ccc(OC)c(Br)c1. The summed E-state index contributed by atoms with van der Waals surface area (Å²) in [5.74, 6) is 0.821. The van der Waals surface area contributed by atoms with E-state index in [0.29, 0.717) is 25.9 Å². The molecule has 1 N–H and O–H groups in total. The molecule has 0 aliphatic heterocycles. The predicted octanol–water partition coefficient (Wildman–Crippen LogP) is 4.28. The minimum Gasteiger partial charge on any atom is -0.496 e. The number of aliphatic hydroxyl groups is 1. The van der Waals surface area contributed by atoms with E-state index in [1.54, 1.807) is 12.0 Å². The van der Waals surface area contributed by atoms with E-state index in [1.165, 1.54) is 0 Å². The van der Waals surface area contributed by atoms with Crippen LogP contribution in [0, 0.1) is 6.92 Å². The van der Waals surface area contributed by atoms with Gasteiger partial charge in [-0.25, -0.2) is 0 Å². The highest BCUT2D eigenvalue weighted by Gasteiger charge is 2.17. The van der Waals surface area contributed by atoms with E-state index in [0.717, 1.165) is 26.9 Å². The Kier molecular flexibility index (Phi) is 7.66. The van der Waals surface area contributed by atoms with Gasteiger partial charge in [0.25, 0.3) is 0 Å². The third-order valence-corrected chi connectivity index (χ3v) is 5.05. The lowest BCUT2D eigenvalue weighted by molar-refractivity contribution is -0.132. The summed E-state index contributed by atoms with van der Waals surface area (Å²) in [7, 11) is 1.63. The van der Waals surface area contributed by atoms with Crippen molar-refractivity contribution in [2.75, 3.05) is 20.2 Å². The molecule has 1 amide bonds. The fourth-order valence-corrected chi connectivity index (χ4v) is 3.37. The number of likely N-dealkylation sites (N-methyl/N-ethyl adjacent to an activating group) is 1. The summed E-state index contributed by atoms with van der Waals surface area (Å²) >= 11 is 3.47. The maximum atomic E-state index is 12.6. The van der Waals surface area contributed by atoms with Crippen molar-refractivity contribution in [1.82, 2.24) is 4.90 Å². The number of aryl methyl sites for hydroxylation is 2. The van der Waals surface area contributed by atoms with Gasteiger partial charge in [-0.3, -0.25) is 4.79 Å². The fraction of sp³-hybridized carbons (Fsp3) is 0.381. The third-order valence-electron chi connectivity index (χ3n) is 4.43. The molecule has 4 nitrogen and oxygen atoms in total. The predicted molar refractivity (Wildman–Crippen MR) is 107 cm³/mol. The lowest BCUT2D eigenvalue weighted by Gasteiger charge is -2.24. The molecule has 2 rings (SSSR count). The van der Waals surface area contributed by atoms with Crippen molar-refractivity contribution in [2.45, 2.75) is 32.8 Å². The van der Waals surface area contributed by atoms with Crippen LogP contribution in [0.4, 0.5) is 0 Å². The number of hydrogen-bond donors (Lipinski definition) is 1. The number of methoxy groups -OCH3 is 1. The first kappa shape index (κ1) is 20.5. The van der Waals surface area contributed by atoms with E-state index < -0.39 is 6.10 Å². The molecule has 1 atom stereocenters. The minimum absolute atomic E-state index is 0.0469. The number of hydrogen-bond acceptors (Lipinski definition) is 3. The molecule has 5 heteroatoms. The van der Waals surface area contributed by atoms with E-state index >= 15 is 0 Å². The first-order valence-corrected chi connectivity index (χ1v) is 9.58. The maximum Gasteiger partial charge on any atom is 0.222 e. The monoisotopic (exact) mass is 419 g/mol. The van der Waals surface area contributed by atoms with Crippen molar-refractivity contribution in [3.05, 3.63) is 63.6 Å². The Bertz CT molecular complexity index is 731. The second kappa shape index (κ2) is 9.74. The van der Waals surface area contributed by atoms with Crippen molar-refractivity contribution in [3.63, 3.8) is 0 Å². The van der Waals surface area contributed by atoms with Gasteiger partial charge in [-0.1, -0.05) is 35.9 Å². The summed E-state index contributed by atoms with van der Waals surface area (Å²) in [6.45, 7) is 4.83. The number of carbonyl (C=O) groups is 1. The molecule has 0 saturated carbocycles. The molecule has 0 fully saturated rings.